The van der Waals surface area contributed by atoms with Gasteiger partial charge in [0, 0.05) is 0 Å². The molecule has 1 aliphatic carbocycles. The Labute approximate surface area is 161 Å². The predicted molar refractivity (Wildman–Crippen MR) is 108 cm³/mol. The van der Waals surface area contributed by atoms with Gasteiger partial charge in [0.1, 0.15) is 6.54 Å². The van der Waals surface area contributed by atoms with E-state index in [1.54, 1.807) is 0 Å². The second-order valence-corrected chi connectivity index (χ2v) is 9.13. The molecule has 0 saturated carbocycles. The summed E-state index contributed by atoms with van der Waals surface area (Å²) in [4.78, 5) is 12.8. The standard InChI is InChI=1S/C21H26N2O3S/c1-15-8-6-9-16(2)21(15)23(27(3,25)26)14-20(24)22-19-13-7-11-17-10-4-5-12-18(17)19/h4-6,8-10,12,19H,7,11,13-14H2,1-3H3,(H,22,24)/t19-/m1/s1. The summed E-state index contributed by atoms with van der Waals surface area (Å²) in [6.45, 7) is 3.49. The minimum atomic E-state index is -3.59. The molecule has 1 amide bonds. The van der Waals surface area contributed by atoms with E-state index < -0.39 is 10.0 Å². The normalized spacial score (nSPS) is 16.5. The van der Waals surface area contributed by atoms with Crippen LogP contribution < -0.4 is 9.62 Å². The molecule has 0 unspecified atom stereocenters. The Morgan fingerprint density at radius 2 is 1.78 bits per heavy atom. The number of fused-ring (bicyclic) bond motifs is 1. The molecule has 5 nitrogen and oxygen atoms in total. The Bertz CT molecular complexity index is 933. The lowest BCUT2D eigenvalue weighted by atomic mass is 9.88. The number of sulfonamides is 1. The lowest BCUT2D eigenvalue weighted by Crippen LogP contribution is -2.42. The summed E-state index contributed by atoms with van der Waals surface area (Å²) < 4.78 is 26.0. The highest BCUT2D eigenvalue weighted by Gasteiger charge is 2.26. The van der Waals surface area contributed by atoms with Crippen LogP contribution in [-0.4, -0.2) is 27.1 Å². The molecule has 0 saturated heterocycles. The van der Waals surface area contributed by atoms with Crippen molar-refractivity contribution < 1.29 is 13.2 Å². The summed E-state index contributed by atoms with van der Waals surface area (Å²) in [6.07, 6.45) is 4.03. The van der Waals surface area contributed by atoms with Crippen LogP contribution in [0.1, 0.15) is 41.1 Å². The molecule has 0 spiro atoms. The van der Waals surface area contributed by atoms with Crippen LogP contribution in [0, 0.1) is 13.8 Å². The maximum Gasteiger partial charge on any atom is 0.241 e. The number of carbonyl (C=O) groups excluding carboxylic acids is 1. The zero-order valence-electron chi connectivity index (χ0n) is 16.0. The van der Waals surface area contributed by atoms with Crippen molar-refractivity contribution in [1.29, 1.82) is 0 Å². The van der Waals surface area contributed by atoms with Crippen molar-refractivity contribution in [2.45, 2.75) is 39.2 Å². The van der Waals surface area contributed by atoms with Crippen molar-refractivity contribution in [3.05, 3.63) is 64.7 Å². The fourth-order valence-electron chi connectivity index (χ4n) is 3.84. The summed E-state index contributed by atoms with van der Waals surface area (Å²) in [5.74, 6) is -0.287. The Hall–Kier alpha value is -2.34. The quantitative estimate of drug-likeness (QED) is 0.858. The van der Waals surface area contributed by atoms with E-state index in [9.17, 15) is 13.2 Å². The summed E-state index contributed by atoms with van der Waals surface area (Å²) in [5.41, 5.74) is 4.63. The lowest BCUT2D eigenvalue weighted by Gasteiger charge is -2.29. The second kappa shape index (κ2) is 7.72. The molecule has 0 fully saturated rings. The number of benzene rings is 2. The molecule has 1 aliphatic rings. The van der Waals surface area contributed by atoms with E-state index in [0.29, 0.717) is 5.69 Å². The number of nitrogens with one attached hydrogen (secondary N) is 1. The van der Waals surface area contributed by atoms with Crippen LogP contribution in [0.3, 0.4) is 0 Å². The maximum absolute atomic E-state index is 12.8. The van der Waals surface area contributed by atoms with Crippen LogP contribution in [0.4, 0.5) is 5.69 Å². The SMILES string of the molecule is Cc1cccc(C)c1N(CC(=O)N[C@@H]1CCCc2ccccc21)S(C)(=O)=O. The third kappa shape index (κ3) is 4.33. The van der Waals surface area contributed by atoms with E-state index in [0.717, 1.165) is 42.2 Å². The van der Waals surface area contributed by atoms with E-state index in [4.69, 9.17) is 0 Å². The summed E-state index contributed by atoms with van der Waals surface area (Å²) in [6, 6.07) is 13.6. The molecule has 27 heavy (non-hydrogen) atoms. The van der Waals surface area contributed by atoms with Gasteiger partial charge in [0.2, 0.25) is 15.9 Å². The van der Waals surface area contributed by atoms with E-state index in [2.05, 4.69) is 11.4 Å². The van der Waals surface area contributed by atoms with Gasteiger partial charge in [-0.25, -0.2) is 8.42 Å². The Kier molecular flexibility index (Phi) is 5.56. The molecular weight excluding hydrogens is 360 g/mol. The van der Waals surface area contributed by atoms with Gasteiger partial charge in [0.05, 0.1) is 18.0 Å². The number of hydrogen-bond acceptors (Lipinski definition) is 3. The van der Waals surface area contributed by atoms with E-state index in [1.165, 1.54) is 9.87 Å². The number of nitrogens with zero attached hydrogens (tertiary/aromatic N) is 1. The minimum absolute atomic E-state index is 0.0678. The first-order chi connectivity index (χ1) is 12.8. The van der Waals surface area contributed by atoms with Gasteiger partial charge in [-0.2, -0.15) is 0 Å². The first-order valence-electron chi connectivity index (χ1n) is 9.18. The van der Waals surface area contributed by atoms with Crippen LogP contribution >= 0.6 is 0 Å². The third-order valence-electron chi connectivity index (χ3n) is 5.08. The second-order valence-electron chi connectivity index (χ2n) is 7.22. The molecule has 3 rings (SSSR count). The molecule has 0 aromatic heterocycles. The van der Waals surface area contributed by atoms with Gasteiger partial charge in [-0.3, -0.25) is 9.10 Å². The highest BCUT2D eigenvalue weighted by molar-refractivity contribution is 7.92. The number of rotatable bonds is 5. The predicted octanol–water partition coefficient (Wildman–Crippen LogP) is 3.26. The molecule has 0 radical (unpaired) electrons. The Balaban J connectivity index is 1.83. The van der Waals surface area contributed by atoms with Crippen LogP contribution in [0.15, 0.2) is 42.5 Å². The van der Waals surface area contributed by atoms with Crippen molar-refractivity contribution in [2.75, 3.05) is 17.1 Å². The average Bonchev–Trinajstić information content (AvgIpc) is 2.60. The first kappa shape index (κ1) is 19.4. The maximum atomic E-state index is 12.8. The smallest absolute Gasteiger partial charge is 0.241 e. The Morgan fingerprint density at radius 3 is 2.44 bits per heavy atom. The van der Waals surface area contributed by atoms with Crippen molar-refractivity contribution in [2.24, 2.45) is 0 Å². The molecule has 0 aliphatic heterocycles. The number of aryl methyl sites for hydroxylation is 3. The monoisotopic (exact) mass is 386 g/mol. The molecule has 6 heteroatoms. The summed E-state index contributed by atoms with van der Waals surface area (Å²) >= 11 is 0. The lowest BCUT2D eigenvalue weighted by molar-refractivity contribution is -0.120. The molecule has 0 bridgehead atoms. The van der Waals surface area contributed by atoms with Gasteiger partial charge in [-0.05, 0) is 55.4 Å². The van der Waals surface area contributed by atoms with Crippen molar-refractivity contribution in [1.82, 2.24) is 5.32 Å². The van der Waals surface area contributed by atoms with Crippen molar-refractivity contribution >= 4 is 21.6 Å². The zero-order valence-corrected chi connectivity index (χ0v) is 16.8. The van der Waals surface area contributed by atoms with Crippen LogP contribution in [0.25, 0.3) is 0 Å². The van der Waals surface area contributed by atoms with Crippen molar-refractivity contribution in [3.63, 3.8) is 0 Å². The van der Waals surface area contributed by atoms with Gasteiger partial charge in [-0.15, -0.1) is 0 Å². The minimum Gasteiger partial charge on any atom is -0.348 e. The number of anilines is 1. The third-order valence-corrected chi connectivity index (χ3v) is 6.19. The van der Waals surface area contributed by atoms with Gasteiger partial charge in [-0.1, -0.05) is 42.5 Å². The molecule has 0 heterocycles. The fraction of sp³-hybridized carbons (Fsp3) is 0.381. The molecular formula is C21H26N2O3S. The first-order valence-corrected chi connectivity index (χ1v) is 11.0. The van der Waals surface area contributed by atoms with Gasteiger partial charge >= 0.3 is 0 Å². The highest BCUT2D eigenvalue weighted by atomic mass is 32.2. The Morgan fingerprint density at radius 1 is 1.11 bits per heavy atom. The average molecular weight is 387 g/mol. The molecule has 2 aromatic rings. The number of para-hydroxylation sites is 1. The topological polar surface area (TPSA) is 66.5 Å². The van der Waals surface area contributed by atoms with E-state index >= 15 is 0 Å². The largest absolute Gasteiger partial charge is 0.348 e. The summed E-state index contributed by atoms with van der Waals surface area (Å²) in [5, 5.41) is 3.04. The van der Waals surface area contributed by atoms with Crippen molar-refractivity contribution in [3.8, 4) is 0 Å². The van der Waals surface area contributed by atoms with Crippen LogP contribution in [0.5, 0.6) is 0 Å². The van der Waals surface area contributed by atoms with E-state index in [-0.39, 0.29) is 18.5 Å². The number of carbonyl (C=O) groups is 1. The van der Waals surface area contributed by atoms with Crippen LogP contribution in [-0.2, 0) is 21.2 Å². The summed E-state index contributed by atoms with van der Waals surface area (Å²) in [7, 11) is -3.59. The van der Waals surface area contributed by atoms with Gasteiger partial charge in [0.15, 0.2) is 0 Å². The molecule has 144 valence electrons. The molecule has 2 aromatic carbocycles. The number of amides is 1. The fourth-order valence-corrected chi connectivity index (χ4v) is 4.81. The zero-order chi connectivity index (χ0) is 19.6. The van der Waals surface area contributed by atoms with E-state index in [1.807, 2.05) is 50.2 Å². The molecule has 1 atom stereocenters. The van der Waals surface area contributed by atoms with Crippen LogP contribution in [0.2, 0.25) is 0 Å². The molecule has 1 N–H and O–H groups in total. The van der Waals surface area contributed by atoms with Gasteiger partial charge < -0.3 is 5.32 Å². The van der Waals surface area contributed by atoms with Gasteiger partial charge in [0.25, 0.3) is 0 Å². The number of hydrogen-bond donors (Lipinski definition) is 1. The highest BCUT2D eigenvalue weighted by Crippen LogP contribution is 2.30.